The summed E-state index contributed by atoms with van der Waals surface area (Å²) in [5.41, 5.74) is 0.262. The molecule has 1 aromatic rings. The van der Waals surface area contributed by atoms with Gasteiger partial charge in [-0.1, -0.05) is 44.7 Å². The van der Waals surface area contributed by atoms with E-state index in [4.69, 9.17) is 11.6 Å². The highest BCUT2D eigenvalue weighted by Crippen LogP contribution is 2.26. The van der Waals surface area contributed by atoms with E-state index in [9.17, 15) is 9.59 Å². The van der Waals surface area contributed by atoms with E-state index in [1.807, 2.05) is 18.7 Å². The smallest absolute Gasteiger partial charge is 0.274 e. The first-order valence-electron chi connectivity index (χ1n) is 9.58. The Morgan fingerprint density at radius 2 is 1.69 bits per heavy atom. The first-order chi connectivity index (χ1) is 12.5. The summed E-state index contributed by atoms with van der Waals surface area (Å²) < 4.78 is 0. The molecule has 1 saturated heterocycles. The van der Waals surface area contributed by atoms with Crippen molar-refractivity contribution in [3.63, 3.8) is 0 Å². The zero-order valence-corrected chi connectivity index (χ0v) is 16.3. The number of piperazine rings is 1. The third kappa shape index (κ3) is 4.17. The Morgan fingerprint density at radius 3 is 2.31 bits per heavy atom. The highest BCUT2D eigenvalue weighted by Gasteiger charge is 2.31. The molecule has 0 radical (unpaired) electrons. The number of hydrogen-bond acceptors (Lipinski definition) is 4. The van der Waals surface area contributed by atoms with Crippen LogP contribution >= 0.6 is 11.6 Å². The van der Waals surface area contributed by atoms with E-state index in [1.165, 1.54) is 12.6 Å². The summed E-state index contributed by atoms with van der Waals surface area (Å²) >= 11 is 6.16. The Hall–Kier alpha value is -1.69. The number of rotatable bonds is 3. The molecular formula is C19H27ClN4O2. The molecule has 0 unspecified atom stereocenters. The molecule has 3 rings (SSSR count). The number of nitrogens with zero attached hydrogens (tertiary/aromatic N) is 4. The van der Waals surface area contributed by atoms with Crippen LogP contribution in [0.15, 0.2) is 6.20 Å². The molecule has 2 fully saturated rings. The number of hydrogen-bond donors (Lipinski definition) is 0. The molecule has 1 aliphatic carbocycles. The van der Waals surface area contributed by atoms with Gasteiger partial charge in [0.2, 0.25) is 5.91 Å². The van der Waals surface area contributed by atoms with Crippen LogP contribution < -0.4 is 0 Å². The van der Waals surface area contributed by atoms with Crippen molar-refractivity contribution < 1.29 is 9.59 Å². The standard InChI is InChI=1S/C19H27ClN4O2/c1-13(2)17-21-12-15(20)16(22-17)19(26)24-10-8-23(9-11-24)18(25)14-6-4-3-5-7-14/h12-14H,3-11H2,1-2H3. The molecule has 6 nitrogen and oxygen atoms in total. The van der Waals surface area contributed by atoms with Crippen LogP contribution in [0.3, 0.4) is 0 Å². The molecule has 1 aromatic heterocycles. The average molecular weight is 379 g/mol. The summed E-state index contributed by atoms with van der Waals surface area (Å²) in [6.07, 6.45) is 7.06. The van der Waals surface area contributed by atoms with Gasteiger partial charge in [-0.15, -0.1) is 0 Å². The van der Waals surface area contributed by atoms with E-state index >= 15 is 0 Å². The van der Waals surface area contributed by atoms with Crippen LogP contribution in [0.25, 0.3) is 0 Å². The van der Waals surface area contributed by atoms with E-state index in [2.05, 4.69) is 9.97 Å². The van der Waals surface area contributed by atoms with E-state index in [-0.39, 0.29) is 34.4 Å². The van der Waals surface area contributed by atoms with Crippen LogP contribution in [-0.2, 0) is 4.79 Å². The van der Waals surface area contributed by atoms with Gasteiger partial charge in [0.05, 0.1) is 11.2 Å². The lowest BCUT2D eigenvalue weighted by Crippen LogP contribution is -2.52. The van der Waals surface area contributed by atoms with Crippen LogP contribution in [0.2, 0.25) is 5.02 Å². The van der Waals surface area contributed by atoms with Gasteiger partial charge < -0.3 is 9.80 Å². The van der Waals surface area contributed by atoms with Crippen molar-refractivity contribution >= 4 is 23.4 Å². The maximum Gasteiger partial charge on any atom is 0.274 e. The second kappa shape index (κ2) is 8.33. The molecule has 1 aliphatic heterocycles. The Kier molecular flexibility index (Phi) is 6.12. The maximum atomic E-state index is 12.8. The lowest BCUT2D eigenvalue weighted by atomic mass is 9.88. The topological polar surface area (TPSA) is 66.4 Å². The molecule has 0 atom stereocenters. The largest absolute Gasteiger partial charge is 0.339 e. The first-order valence-corrected chi connectivity index (χ1v) is 9.95. The van der Waals surface area contributed by atoms with Crippen molar-refractivity contribution in [1.29, 1.82) is 0 Å². The Morgan fingerprint density at radius 1 is 1.08 bits per heavy atom. The summed E-state index contributed by atoms with van der Waals surface area (Å²) in [6, 6.07) is 0. The quantitative estimate of drug-likeness (QED) is 0.810. The number of carbonyl (C=O) groups is 2. The van der Waals surface area contributed by atoms with E-state index < -0.39 is 0 Å². The van der Waals surface area contributed by atoms with Gasteiger partial charge in [0.15, 0.2) is 5.69 Å². The summed E-state index contributed by atoms with van der Waals surface area (Å²) in [6.45, 7) is 6.17. The van der Waals surface area contributed by atoms with Crippen molar-refractivity contribution in [3.8, 4) is 0 Å². The predicted molar refractivity (Wildman–Crippen MR) is 100 cm³/mol. The molecule has 0 aromatic carbocycles. The number of halogens is 1. The average Bonchev–Trinajstić information content (AvgIpc) is 2.68. The fourth-order valence-electron chi connectivity index (χ4n) is 3.70. The fraction of sp³-hybridized carbons (Fsp3) is 0.684. The zero-order chi connectivity index (χ0) is 18.7. The van der Waals surface area contributed by atoms with Crippen molar-refractivity contribution in [1.82, 2.24) is 19.8 Å². The number of carbonyl (C=O) groups excluding carboxylic acids is 2. The molecule has 142 valence electrons. The second-order valence-corrected chi connectivity index (χ2v) is 7.94. The Bertz CT molecular complexity index is 666. The van der Waals surface area contributed by atoms with Crippen molar-refractivity contribution in [3.05, 3.63) is 22.7 Å². The van der Waals surface area contributed by atoms with E-state index in [0.29, 0.717) is 32.0 Å². The minimum atomic E-state index is -0.177. The number of amides is 2. The van der Waals surface area contributed by atoms with Crippen molar-refractivity contribution in [2.45, 2.75) is 51.9 Å². The van der Waals surface area contributed by atoms with Crippen molar-refractivity contribution in [2.75, 3.05) is 26.2 Å². The fourth-order valence-corrected chi connectivity index (χ4v) is 3.87. The third-order valence-corrected chi connectivity index (χ3v) is 5.59. The molecule has 2 amide bonds. The van der Waals surface area contributed by atoms with E-state index in [1.54, 1.807) is 4.90 Å². The van der Waals surface area contributed by atoms with Crippen LogP contribution in [0.4, 0.5) is 0 Å². The third-order valence-electron chi connectivity index (χ3n) is 5.31. The molecule has 1 saturated carbocycles. The Labute approximate surface area is 159 Å². The zero-order valence-electron chi connectivity index (χ0n) is 15.6. The molecule has 0 bridgehead atoms. The molecule has 26 heavy (non-hydrogen) atoms. The molecular weight excluding hydrogens is 352 g/mol. The van der Waals surface area contributed by atoms with Crippen LogP contribution in [0.1, 0.15) is 68.2 Å². The van der Waals surface area contributed by atoms with Gasteiger partial charge in [-0.2, -0.15) is 0 Å². The minimum absolute atomic E-state index is 0.128. The van der Waals surface area contributed by atoms with Crippen molar-refractivity contribution in [2.24, 2.45) is 5.92 Å². The van der Waals surface area contributed by atoms with Crippen LogP contribution in [-0.4, -0.2) is 57.8 Å². The minimum Gasteiger partial charge on any atom is -0.339 e. The van der Waals surface area contributed by atoms with Gasteiger partial charge in [0.1, 0.15) is 5.82 Å². The number of aromatic nitrogens is 2. The van der Waals surface area contributed by atoms with Gasteiger partial charge in [-0.25, -0.2) is 9.97 Å². The van der Waals surface area contributed by atoms with Crippen LogP contribution in [0.5, 0.6) is 0 Å². The van der Waals surface area contributed by atoms with E-state index in [0.717, 1.165) is 25.7 Å². The first kappa shape index (κ1) is 19.1. The molecule has 2 aliphatic rings. The van der Waals surface area contributed by atoms with Gasteiger partial charge in [0.25, 0.3) is 5.91 Å². The molecule has 0 N–H and O–H groups in total. The lowest BCUT2D eigenvalue weighted by Gasteiger charge is -2.37. The summed E-state index contributed by atoms with van der Waals surface area (Å²) in [7, 11) is 0. The normalized spacial score (nSPS) is 19.1. The molecule has 7 heteroatoms. The summed E-state index contributed by atoms with van der Waals surface area (Å²) in [5, 5.41) is 0.278. The van der Waals surface area contributed by atoms with Crippen LogP contribution in [0, 0.1) is 5.92 Å². The second-order valence-electron chi connectivity index (χ2n) is 7.53. The summed E-state index contributed by atoms with van der Waals surface area (Å²) in [5.74, 6) is 1.01. The van der Waals surface area contributed by atoms with Gasteiger partial charge in [-0.3, -0.25) is 9.59 Å². The van der Waals surface area contributed by atoms with Gasteiger partial charge >= 0.3 is 0 Å². The molecule has 2 heterocycles. The molecule has 0 spiro atoms. The SMILES string of the molecule is CC(C)c1ncc(Cl)c(C(=O)N2CCN(C(=O)C3CCCCC3)CC2)n1. The Balaban J connectivity index is 1.62. The highest BCUT2D eigenvalue weighted by molar-refractivity contribution is 6.33. The van der Waals surface area contributed by atoms with Gasteiger partial charge in [0, 0.05) is 38.0 Å². The highest BCUT2D eigenvalue weighted by atomic mass is 35.5. The predicted octanol–water partition coefficient (Wildman–Crippen LogP) is 3.12. The summed E-state index contributed by atoms with van der Waals surface area (Å²) in [4.78, 5) is 37.7. The maximum absolute atomic E-state index is 12.8. The van der Waals surface area contributed by atoms with Gasteiger partial charge in [-0.05, 0) is 12.8 Å². The monoisotopic (exact) mass is 378 g/mol. The lowest BCUT2D eigenvalue weighted by molar-refractivity contribution is -0.138.